The number of aryl methyl sites for hydroxylation is 3. The van der Waals surface area contributed by atoms with E-state index in [1.165, 1.54) is 22.4 Å². The molecule has 0 N–H and O–H groups in total. The molecule has 2 rings (SSSR count). The van der Waals surface area contributed by atoms with Crippen LogP contribution in [-0.2, 0) is 20.1 Å². The van der Waals surface area contributed by atoms with Crippen LogP contribution in [0.1, 0.15) is 28.1 Å². The topological polar surface area (TPSA) is 21.1 Å². The highest BCUT2D eigenvalue weighted by Crippen LogP contribution is 2.15. The second-order valence-corrected chi connectivity index (χ2v) is 5.43. The van der Waals surface area contributed by atoms with E-state index in [9.17, 15) is 0 Å². The zero-order valence-electron chi connectivity index (χ0n) is 12.6. The van der Waals surface area contributed by atoms with Gasteiger partial charge in [0.25, 0.3) is 0 Å². The van der Waals surface area contributed by atoms with E-state index in [4.69, 9.17) is 0 Å². The molecule has 0 bridgehead atoms. The summed E-state index contributed by atoms with van der Waals surface area (Å²) in [6.07, 6.45) is 0. The van der Waals surface area contributed by atoms with E-state index in [-0.39, 0.29) is 0 Å². The van der Waals surface area contributed by atoms with Crippen LogP contribution in [-0.4, -0.2) is 21.7 Å². The van der Waals surface area contributed by atoms with Crippen LogP contribution < -0.4 is 0 Å². The van der Waals surface area contributed by atoms with Crippen LogP contribution in [0.3, 0.4) is 0 Å². The van der Waals surface area contributed by atoms with Crippen LogP contribution in [0, 0.1) is 20.8 Å². The zero-order valence-corrected chi connectivity index (χ0v) is 12.6. The predicted octanol–water partition coefficient (Wildman–Crippen LogP) is 2.98. The first-order valence-corrected chi connectivity index (χ1v) is 6.70. The maximum atomic E-state index is 4.47. The summed E-state index contributed by atoms with van der Waals surface area (Å²) in [6, 6.07) is 8.75. The van der Waals surface area contributed by atoms with Gasteiger partial charge in [0.2, 0.25) is 0 Å². The Morgan fingerprint density at radius 2 is 1.68 bits per heavy atom. The third-order valence-corrected chi connectivity index (χ3v) is 3.66. The molecule has 2 aromatic rings. The molecule has 1 heterocycles. The molecular weight excluding hydrogens is 234 g/mol. The molecule has 1 aromatic heterocycles. The molecule has 3 heteroatoms. The van der Waals surface area contributed by atoms with Crippen molar-refractivity contribution in [1.29, 1.82) is 0 Å². The van der Waals surface area contributed by atoms with Crippen LogP contribution in [0.15, 0.2) is 24.3 Å². The summed E-state index contributed by atoms with van der Waals surface area (Å²) < 4.78 is 1.96. The van der Waals surface area contributed by atoms with Gasteiger partial charge in [-0.05, 0) is 33.4 Å². The van der Waals surface area contributed by atoms with Gasteiger partial charge in [0, 0.05) is 31.4 Å². The summed E-state index contributed by atoms with van der Waals surface area (Å²) in [5, 5.41) is 4.47. The molecule has 0 unspecified atom stereocenters. The number of hydrogen-bond donors (Lipinski definition) is 0. The molecule has 0 atom stereocenters. The first-order valence-electron chi connectivity index (χ1n) is 6.70. The summed E-state index contributed by atoms with van der Waals surface area (Å²) in [5.74, 6) is 0. The molecule has 0 aliphatic carbocycles. The van der Waals surface area contributed by atoms with Crippen molar-refractivity contribution in [3.63, 3.8) is 0 Å². The van der Waals surface area contributed by atoms with E-state index in [1.54, 1.807) is 0 Å². The molecule has 0 spiro atoms. The summed E-state index contributed by atoms with van der Waals surface area (Å²) in [5.41, 5.74) is 6.40. The molecule has 0 fully saturated rings. The Balaban J connectivity index is 2.05. The van der Waals surface area contributed by atoms with Gasteiger partial charge in [-0.25, -0.2) is 0 Å². The molecule has 0 saturated carbocycles. The van der Waals surface area contributed by atoms with Gasteiger partial charge in [-0.3, -0.25) is 9.58 Å². The van der Waals surface area contributed by atoms with E-state index < -0.39 is 0 Å². The fraction of sp³-hybridized carbons (Fsp3) is 0.438. The molecular formula is C16H23N3. The van der Waals surface area contributed by atoms with Crippen molar-refractivity contribution in [2.24, 2.45) is 7.05 Å². The molecule has 102 valence electrons. The van der Waals surface area contributed by atoms with Crippen molar-refractivity contribution in [2.75, 3.05) is 7.05 Å². The van der Waals surface area contributed by atoms with Crippen LogP contribution in [0.5, 0.6) is 0 Å². The van der Waals surface area contributed by atoms with Crippen molar-refractivity contribution in [3.05, 3.63) is 52.3 Å². The third-order valence-electron chi connectivity index (χ3n) is 3.66. The summed E-state index contributed by atoms with van der Waals surface area (Å²) >= 11 is 0. The molecule has 1 aromatic carbocycles. The number of benzene rings is 1. The van der Waals surface area contributed by atoms with Crippen molar-refractivity contribution in [3.8, 4) is 0 Å². The second kappa shape index (κ2) is 5.57. The van der Waals surface area contributed by atoms with Gasteiger partial charge in [-0.1, -0.05) is 29.8 Å². The maximum absolute atomic E-state index is 4.47. The Kier molecular flexibility index (Phi) is 4.05. The lowest BCUT2D eigenvalue weighted by molar-refractivity contribution is 0.317. The van der Waals surface area contributed by atoms with Gasteiger partial charge in [0.1, 0.15) is 0 Å². The smallest absolute Gasteiger partial charge is 0.0641 e. The largest absolute Gasteiger partial charge is 0.298 e. The fourth-order valence-corrected chi connectivity index (χ4v) is 2.38. The first kappa shape index (κ1) is 13.8. The third kappa shape index (κ3) is 3.24. The highest BCUT2D eigenvalue weighted by atomic mass is 15.3. The first-order chi connectivity index (χ1) is 8.97. The van der Waals surface area contributed by atoms with Crippen LogP contribution in [0.25, 0.3) is 0 Å². The minimum absolute atomic E-state index is 0.944. The van der Waals surface area contributed by atoms with Gasteiger partial charge in [-0.15, -0.1) is 0 Å². The average molecular weight is 257 g/mol. The fourth-order valence-electron chi connectivity index (χ4n) is 2.38. The lowest BCUT2D eigenvalue weighted by Crippen LogP contribution is -2.18. The Hall–Kier alpha value is -1.61. The van der Waals surface area contributed by atoms with E-state index in [2.05, 4.69) is 62.1 Å². The Bertz CT molecular complexity index is 552. The van der Waals surface area contributed by atoms with E-state index in [0.717, 1.165) is 18.8 Å². The van der Waals surface area contributed by atoms with E-state index in [0.29, 0.717) is 0 Å². The summed E-state index contributed by atoms with van der Waals surface area (Å²) in [7, 11) is 4.16. The minimum Gasteiger partial charge on any atom is -0.298 e. The van der Waals surface area contributed by atoms with Crippen LogP contribution >= 0.6 is 0 Å². The maximum Gasteiger partial charge on any atom is 0.0641 e. The van der Waals surface area contributed by atoms with Crippen molar-refractivity contribution in [2.45, 2.75) is 33.9 Å². The summed E-state index contributed by atoms with van der Waals surface area (Å²) in [6.45, 7) is 8.25. The Labute approximate surface area is 115 Å². The van der Waals surface area contributed by atoms with Gasteiger partial charge in [0.15, 0.2) is 0 Å². The number of rotatable bonds is 4. The van der Waals surface area contributed by atoms with Crippen molar-refractivity contribution in [1.82, 2.24) is 14.7 Å². The zero-order chi connectivity index (χ0) is 14.0. The molecule has 19 heavy (non-hydrogen) atoms. The monoisotopic (exact) mass is 257 g/mol. The summed E-state index contributed by atoms with van der Waals surface area (Å²) in [4.78, 5) is 2.34. The Morgan fingerprint density at radius 1 is 1.05 bits per heavy atom. The van der Waals surface area contributed by atoms with E-state index >= 15 is 0 Å². The molecule has 0 radical (unpaired) electrons. The van der Waals surface area contributed by atoms with Gasteiger partial charge < -0.3 is 0 Å². The number of nitrogens with zero attached hydrogens (tertiary/aromatic N) is 3. The van der Waals surface area contributed by atoms with E-state index in [1.807, 2.05) is 11.7 Å². The minimum atomic E-state index is 0.944. The Morgan fingerprint density at radius 3 is 2.21 bits per heavy atom. The molecule has 0 aliphatic heterocycles. The normalized spacial score (nSPS) is 11.3. The number of hydrogen-bond acceptors (Lipinski definition) is 2. The highest BCUT2D eigenvalue weighted by Gasteiger charge is 2.11. The molecule has 0 saturated heterocycles. The predicted molar refractivity (Wildman–Crippen MR) is 79.0 cm³/mol. The second-order valence-electron chi connectivity index (χ2n) is 5.43. The molecule has 3 nitrogen and oxygen atoms in total. The average Bonchev–Trinajstić information content (AvgIpc) is 2.59. The van der Waals surface area contributed by atoms with Gasteiger partial charge in [-0.2, -0.15) is 5.10 Å². The quantitative estimate of drug-likeness (QED) is 0.839. The van der Waals surface area contributed by atoms with Crippen LogP contribution in [0.4, 0.5) is 0 Å². The standard InChI is InChI=1S/C16H23N3/c1-12-6-8-15(9-7-12)10-18(4)11-16-13(2)17-19(5)14(16)3/h6-9H,10-11H2,1-5H3. The van der Waals surface area contributed by atoms with Crippen LogP contribution in [0.2, 0.25) is 0 Å². The molecule has 0 aliphatic rings. The number of aromatic nitrogens is 2. The van der Waals surface area contributed by atoms with Crippen molar-refractivity contribution >= 4 is 0 Å². The highest BCUT2D eigenvalue weighted by molar-refractivity contribution is 5.25. The lowest BCUT2D eigenvalue weighted by Gasteiger charge is -2.17. The lowest BCUT2D eigenvalue weighted by atomic mass is 10.1. The van der Waals surface area contributed by atoms with Gasteiger partial charge >= 0.3 is 0 Å². The van der Waals surface area contributed by atoms with Crippen molar-refractivity contribution < 1.29 is 0 Å². The van der Waals surface area contributed by atoms with Gasteiger partial charge in [0.05, 0.1) is 5.69 Å². The molecule has 0 amide bonds. The SMILES string of the molecule is Cc1ccc(CN(C)Cc2c(C)nn(C)c2C)cc1.